The zero-order valence-electron chi connectivity index (χ0n) is 15.4. The SMILES string of the molecule is Cc1c(N2CCC([C@H](C)N)C2)c(F)cn2c(=O)n(N)c(=O)c(C3CC3)c12.Cl. The second kappa shape index (κ2) is 6.83. The van der Waals surface area contributed by atoms with Crippen molar-refractivity contribution in [2.24, 2.45) is 11.7 Å². The first-order valence-electron chi connectivity index (χ1n) is 9.07. The Labute approximate surface area is 162 Å². The summed E-state index contributed by atoms with van der Waals surface area (Å²) < 4.78 is 16.7. The Morgan fingerprint density at radius 2 is 1.93 bits per heavy atom. The van der Waals surface area contributed by atoms with Gasteiger partial charge in [0.25, 0.3) is 5.56 Å². The number of fused-ring (bicyclic) bond motifs is 1. The van der Waals surface area contributed by atoms with Crippen LogP contribution in [-0.2, 0) is 0 Å². The highest BCUT2D eigenvalue weighted by atomic mass is 35.5. The molecule has 0 amide bonds. The first-order chi connectivity index (χ1) is 12.3. The number of hydrogen-bond acceptors (Lipinski definition) is 5. The monoisotopic (exact) mass is 397 g/mol. The number of nitrogens with zero attached hydrogens (tertiary/aromatic N) is 3. The number of pyridine rings is 1. The van der Waals surface area contributed by atoms with Crippen LogP contribution in [0.4, 0.5) is 10.1 Å². The number of nitrogen functional groups attached to an aromatic ring is 1. The number of aromatic nitrogens is 2. The lowest BCUT2D eigenvalue weighted by Crippen LogP contribution is -2.44. The average Bonchev–Trinajstić information content (AvgIpc) is 3.30. The summed E-state index contributed by atoms with van der Waals surface area (Å²) in [4.78, 5) is 27.0. The van der Waals surface area contributed by atoms with Crippen molar-refractivity contribution in [1.82, 2.24) is 9.08 Å². The highest BCUT2D eigenvalue weighted by Crippen LogP contribution is 2.42. The van der Waals surface area contributed by atoms with Crippen LogP contribution in [0.25, 0.3) is 5.52 Å². The molecule has 2 aliphatic rings. The van der Waals surface area contributed by atoms with Gasteiger partial charge in [-0.05, 0) is 44.9 Å². The van der Waals surface area contributed by atoms with E-state index in [0.29, 0.717) is 46.0 Å². The van der Waals surface area contributed by atoms with E-state index in [1.165, 1.54) is 4.40 Å². The first kappa shape index (κ1) is 19.7. The molecule has 27 heavy (non-hydrogen) atoms. The Balaban J connectivity index is 0.00000210. The van der Waals surface area contributed by atoms with Crippen LogP contribution >= 0.6 is 12.4 Å². The molecule has 4 rings (SSSR count). The number of halogens is 2. The van der Waals surface area contributed by atoms with E-state index in [4.69, 9.17) is 11.6 Å². The molecule has 148 valence electrons. The van der Waals surface area contributed by atoms with Crippen molar-refractivity contribution in [1.29, 1.82) is 0 Å². The van der Waals surface area contributed by atoms with Gasteiger partial charge in [-0.1, -0.05) is 0 Å². The highest BCUT2D eigenvalue weighted by molar-refractivity contribution is 5.85. The minimum absolute atomic E-state index is 0. The Kier molecular flexibility index (Phi) is 4.98. The van der Waals surface area contributed by atoms with Crippen molar-refractivity contribution in [3.05, 3.63) is 44.0 Å². The molecule has 1 saturated heterocycles. The first-order valence-corrected chi connectivity index (χ1v) is 9.07. The van der Waals surface area contributed by atoms with Crippen LogP contribution in [0, 0.1) is 18.7 Å². The smallest absolute Gasteiger partial charge is 0.354 e. The summed E-state index contributed by atoms with van der Waals surface area (Å²) in [5, 5.41) is 0. The number of aryl methyl sites for hydroxylation is 1. The Morgan fingerprint density at radius 1 is 1.26 bits per heavy atom. The molecular weight excluding hydrogens is 373 g/mol. The van der Waals surface area contributed by atoms with E-state index in [2.05, 4.69) is 0 Å². The van der Waals surface area contributed by atoms with Gasteiger partial charge in [0, 0.05) is 30.3 Å². The molecule has 1 aliphatic heterocycles. The van der Waals surface area contributed by atoms with Crippen molar-refractivity contribution in [3.8, 4) is 0 Å². The largest absolute Gasteiger partial charge is 0.368 e. The Morgan fingerprint density at radius 3 is 2.48 bits per heavy atom. The van der Waals surface area contributed by atoms with E-state index in [-0.39, 0.29) is 24.4 Å². The van der Waals surface area contributed by atoms with Gasteiger partial charge >= 0.3 is 5.69 Å². The summed E-state index contributed by atoms with van der Waals surface area (Å²) in [6.07, 6.45) is 3.82. The van der Waals surface area contributed by atoms with Crippen molar-refractivity contribution >= 4 is 23.6 Å². The van der Waals surface area contributed by atoms with Gasteiger partial charge in [-0.2, -0.15) is 4.68 Å². The van der Waals surface area contributed by atoms with Gasteiger partial charge in [0.15, 0.2) is 5.82 Å². The molecule has 0 spiro atoms. The lowest BCUT2D eigenvalue weighted by molar-refractivity contribution is 0.487. The third kappa shape index (κ3) is 3.00. The summed E-state index contributed by atoms with van der Waals surface area (Å²) in [5.74, 6) is 5.55. The third-order valence-electron chi connectivity index (χ3n) is 5.81. The fourth-order valence-corrected chi connectivity index (χ4v) is 4.18. The molecule has 1 aliphatic carbocycles. The maximum absolute atomic E-state index is 15.0. The van der Waals surface area contributed by atoms with Gasteiger partial charge in [0.2, 0.25) is 0 Å². The lowest BCUT2D eigenvalue weighted by Gasteiger charge is -2.24. The Hall–Kier alpha value is -2.06. The van der Waals surface area contributed by atoms with Gasteiger partial charge in [0.1, 0.15) is 0 Å². The fraction of sp³-hybridized carbons (Fsp3) is 0.556. The average molecular weight is 398 g/mol. The minimum Gasteiger partial charge on any atom is -0.368 e. The topological polar surface area (TPSA) is 98.8 Å². The molecule has 1 unspecified atom stereocenters. The quantitative estimate of drug-likeness (QED) is 0.755. The van der Waals surface area contributed by atoms with Gasteiger partial charge in [-0.3, -0.25) is 9.20 Å². The van der Waals surface area contributed by atoms with Crippen LogP contribution in [0.3, 0.4) is 0 Å². The van der Waals surface area contributed by atoms with Crippen LogP contribution in [0.5, 0.6) is 0 Å². The number of anilines is 1. The molecule has 0 bridgehead atoms. The predicted octanol–water partition coefficient (Wildman–Crippen LogP) is 1.10. The maximum Gasteiger partial charge on any atom is 0.354 e. The van der Waals surface area contributed by atoms with Crippen molar-refractivity contribution in [2.45, 2.75) is 45.1 Å². The molecule has 3 heterocycles. The van der Waals surface area contributed by atoms with Gasteiger partial charge in [-0.15, -0.1) is 12.4 Å². The fourth-order valence-electron chi connectivity index (χ4n) is 4.18. The van der Waals surface area contributed by atoms with E-state index < -0.39 is 17.1 Å². The second-order valence-electron chi connectivity index (χ2n) is 7.67. The molecule has 2 fully saturated rings. The van der Waals surface area contributed by atoms with Crippen molar-refractivity contribution < 1.29 is 4.39 Å². The summed E-state index contributed by atoms with van der Waals surface area (Å²) >= 11 is 0. The van der Waals surface area contributed by atoms with Gasteiger partial charge < -0.3 is 16.5 Å². The van der Waals surface area contributed by atoms with Gasteiger partial charge in [-0.25, -0.2) is 9.18 Å². The van der Waals surface area contributed by atoms with Crippen molar-refractivity contribution in [3.63, 3.8) is 0 Å². The molecule has 0 radical (unpaired) electrons. The predicted molar refractivity (Wildman–Crippen MR) is 106 cm³/mol. The molecule has 4 N–H and O–H groups in total. The minimum atomic E-state index is -0.724. The van der Waals surface area contributed by atoms with Crippen molar-refractivity contribution in [2.75, 3.05) is 23.8 Å². The van der Waals surface area contributed by atoms with Crippen LogP contribution < -0.4 is 27.7 Å². The molecule has 2 aromatic heterocycles. The number of rotatable bonds is 3. The summed E-state index contributed by atoms with van der Waals surface area (Å²) in [5.41, 5.74) is 6.91. The van der Waals surface area contributed by atoms with Crippen LogP contribution in [0.15, 0.2) is 15.8 Å². The second-order valence-corrected chi connectivity index (χ2v) is 7.67. The van der Waals surface area contributed by atoms with E-state index in [0.717, 1.165) is 25.5 Å². The molecule has 9 heteroatoms. The summed E-state index contributed by atoms with van der Waals surface area (Å²) in [6.45, 7) is 5.12. The lowest BCUT2D eigenvalue weighted by atomic mass is 10.0. The Bertz CT molecular complexity index is 1010. The van der Waals surface area contributed by atoms with Crippen LogP contribution in [0.2, 0.25) is 0 Å². The maximum atomic E-state index is 15.0. The molecule has 2 aromatic rings. The van der Waals surface area contributed by atoms with Gasteiger partial charge in [0.05, 0.1) is 17.4 Å². The standard InChI is InChI=1S/C18H24FN5O2.ClH/c1-9-15(22-6-5-12(7-22)10(2)20)13(19)8-23-16(9)14(11-3-4-11)17(25)24(21)18(23)26;/h8,10-12H,3-7,20-21H2,1-2H3;1H/t10-,12?;/m0./s1. The van der Waals surface area contributed by atoms with Crippen LogP contribution in [0.1, 0.15) is 43.2 Å². The van der Waals surface area contributed by atoms with Crippen LogP contribution in [-0.4, -0.2) is 28.2 Å². The highest BCUT2D eigenvalue weighted by Gasteiger charge is 2.34. The molecule has 0 aromatic carbocycles. The zero-order chi connectivity index (χ0) is 18.7. The zero-order valence-corrected chi connectivity index (χ0v) is 16.3. The third-order valence-corrected chi connectivity index (χ3v) is 5.81. The van der Waals surface area contributed by atoms with E-state index >= 15 is 0 Å². The molecule has 1 saturated carbocycles. The van der Waals surface area contributed by atoms with E-state index in [9.17, 15) is 14.0 Å². The molecular formula is C18H25ClFN5O2. The number of nitrogens with two attached hydrogens (primary N) is 2. The van der Waals surface area contributed by atoms with E-state index in [1.807, 2.05) is 11.8 Å². The molecule has 2 atom stereocenters. The number of hydrogen-bond donors (Lipinski definition) is 2. The summed E-state index contributed by atoms with van der Waals surface area (Å²) in [7, 11) is 0. The normalized spacial score (nSPS) is 20.7. The summed E-state index contributed by atoms with van der Waals surface area (Å²) in [6, 6.07) is 0.0397. The van der Waals surface area contributed by atoms with E-state index in [1.54, 1.807) is 6.92 Å². The molecule has 7 nitrogen and oxygen atoms in total.